The van der Waals surface area contributed by atoms with Gasteiger partial charge in [0.1, 0.15) is 6.04 Å². The SMILES string of the molecule is O=C(O)[C@@H]1C[C@@H](NOCc2ccccc2)CN1C(=O)O. The van der Waals surface area contributed by atoms with Crippen molar-refractivity contribution in [3.8, 4) is 0 Å². The van der Waals surface area contributed by atoms with E-state index >= 15 is 0 Å². The second-order valence-corrected chi connectivity index (χ2v) is 4.61. The van der Waals surface area contributed by atoms with Gasteiger partial charge in [-0.2, -0.15) is 5.48 Å². The highest BCUT2D eigenvalue weighted by Gasteiger charge is 2.39. The third-order valence-corrected chi connectivity index (χ3v) is 3.16. The second kappa shape index (κ2) is 6.36. The third-order valence-electron chi connectivity index (χ3n) is 3.16. The molecular weight excluding hydrogens is 264 g/mol. The molecule has 7 heteroatoms. The zero-order chi connectivity index (χ0) is 14.5. The predicted molar refractivity (Wildman–Crippen MR) is 68.9 cm³/mol. The lowest BCUT2D eigenvalue weighted by Gasteiger charge is -2.16. The molecule has 1 aliphatic heterocycles. The molecule has 1 fully saturated rings. The first kappa shape index (κ1) is 14.3. The highest BCUT2D eigenvalue weighted by molar-refractivity contribution is 5.80. The number of carboxylic acid groups (broad SMARTS) is 2. The summed E-state index contributed by atoms with van der Waals surface area (Å²) in [5.41, 5.74) is 3.71. The Morgan fingerprint density at radius 3 is 2.55 bits per heavy atom. The maximum absolute atomic E-state index is 11.0. The standard InChI is InChI=1S/C13H16N2O5/c16-12(17)11-6-10(7-15(11)13(18)19)14-20-8-9-4-2-1-3-5-9/h1-5,10-11,14H,6-8H2,(H,16,17)(H,18,19)/t10-,11+/m1/s1. The predicted octanol–water partition coefficient (Wildman–Crippen LogP) is 0.913. The van der Waals surface area contributed by atoms with Crippen LogP contribution in [-0.4, -0.2) is 45.8 Å². The van der Waals surface area contributed by atoms with Crippen molar-refractivity contribution in [2.45, 2.75) is 25.1 Å². The van der Waals surface area contributed by atoms with Crippen LogP contribution in [0, 0.1) is 0 Å². The zero-order valence-electron chi connectivity index (χ0n) is 10.7. The first-order valence-corrected chi connectivity index (χ1v) is 6.21. The van der Waals surface area contributed by atoms with Crippen LogP contribution in [0.2, 0.25) is 0 Å². The first-order chi connectivity index (χ1) is 9.58. The molecule has 7 nitrogen and oxygen atoms in total. The second-order valence-electron chi connectivity index (χ2n) is 4.61. The summed E-state index contributed by atoms with van der Waals surface area (Å²) in [5.74, 6) is -1.14. The quantitative estimate of drug-likeness (QED) is 0.693. The molecule has 1 aliphatic rings. The topological polar surface area (TPSA) is 99.1 Å². The minimum absolute atomic E-state index is 0.0983. The van der Waals surface area contributed by atoms with Crippen LogP contribution >= 0.6 is 0 Å². The van der Waals surface area contributed by atoms with Gasteiger partial charge in [-0.05, 0) is 12.0 Å². The molecule has 1 heterocycles. The summed E-state index contributed by atoms with van der Waals surface area (Å²) >= 11 is 0. The van der Waals surface area contributed by atoms with Gasteiger partial charge in [0.25, 0.3) is 0 Å². The van der Waals surface area contributed by atoms with Crippen LogP contribution in [-0.2, 0) is 16.2 Å². The van der Waals surface area contributed by atoms with E-state index in [1.165, 1.54) is 0 Å². The highest BCUT2D eigenvalue weighted by Crippen LogP contribution is 2.18. The Labute approximate surface area is 115 Å². The zero-order valence-corrected chi connectivity index (χ0v) is 10.7. The van der Waals surface area contributed by atoms with Crippen molar-refractivity contribution in [1.82, 2.24) is 10.4 Å². The van der Waals surface area contributed by atoms with E-state index in [-0.39, 0.29) is 19.0 Å². The van der Waals surface area contributed by atoms with E-state index in [4.69, 9.17) is 15.1 Å². The summed E-state index contributed by atoms with van der Waals surface area (Å²) in [6.45, 7) is 0.434. The van der Waals surface area contributed by atoms with Gasteiger partial charge in [-0.3, -0.25) is 9.74 Å². The van der Waals surface area contributed by atoms with E-state index in [0.717, 1.165) is 10.5 Å². The minimum Gasteiger partial charge on any atom is -0.480 e. The normalized spacial score (nSPS) is 21.9. The van der Waals surface area contributed by atoms with Crippen LogP contribution in [0.3, 0.4) is 0 Å². The molecule has 0 aliphatic carbocycles. The monoisotopic (exact) mass is 280 g/mol. The molecule has 1 saturated heterocycles. The van der Waals surface area contributed by atoms with Crippen LogP contribution < -0.4 is 5.48 Å². The summed E-state index contributed by atoms with van der Waals surface area (Å²) in [6.07, 6.45) is -1.04. The van der Waals surface area contributed by atoms with Crippen LogP contribution in [0.15, 0.2) is 30.3 Å². The molecule has 2 rings (SSSR count). The number of rotatable bonds is 5. The average Bonchev–Trinajstić information content (AvgIpc) is 2.85. The number of aliphatic carboxylic acids is 1. The average molecular weight is 280 g/mol. The molecule has 0 saturated carbocycles. The maximum Gasteiger partial charge on any atom is 0.408 e. The summed E-state index contributed by atoms with van der Waals surface area (Å²) in [4.78, 5) is 28.1. The number of nitrogens with zero attached hydrogens (tertiary/aromatic N) is 1. The van der Waals surface area contributed by atoms with Crippen LogP contribution in [0.25, 0.3) is 0 Å². The van der Waals surface area contributed by atoms with Gasteiger partial charge in [-0.1, -0.05) is 30.3 Å². The molecule has 0 radical (unpaired) electrons. The Hall–Kier alpha value is -2.12. The van der Waals surface area contributed by atoms with E-state index in [1.54, 1.807) is 0 Å². The van der Waals surface area contributed by atoms with Crippen molar-refractivity contribution in [3.63, 3.8) is 0 Å². The molecule has 1 aromatic rings. The van der Waals surface area contributed by atoms with Crippen molar-refractivity contribution in [2.24, 2.45) is 0 Å². The van der Waals surface area contributed by atoms with E-state index < -0.39 is 18.1 Å². The Morgan fingerprint density at radius 1 is 1.30 bits per heavy atom. The van der Waals surface area contributed by atoms with E-state index in [0.29, 0.717) is 6.61 Å². The largest absolute Gasteiger partial charge is 0.480 e. The number of amides is 1. The van der Waals surface area contributed by atoms with Crippen LogP contribution in [0.4, 0.5) is 4.79 Å². The fraction of sp³-hybridized carbons (Fsp3) is 0.385. The van der Waals surface area contributed by atoms with Crippen molar-refractivity contribution in [3.05, 3.63) is 35.9 Å². The number of likely N-dealkylation sites (tertiary alicyclic amines) is 1. The van der Waals surface area contributed by atoms with Gasteiger partial charge < -0.3 is 10.2 Å². The third kappa shape index (κ3) is 3.46. The summed E-state index contributed by atoms with van der Waals surface area (Å²) in [7, 11) is 0. The molecule has 1 aromatic carbocycles. The van der Waals surface area contributed by atoms with E-state index in [9.17, 15) is 9.59 Å². The Bertz CT molecular complexity index is 457. The number of carbonyl (C=O) groups is 2. The Morgan fingerprint density at radius 2 is 2.00 bits per heavy atom. The number of benzene rings is 1. The van der Waals surface area contributed by atoms with Crippen LogP contribution in [0.1, 0.15) is 12.0 Å². The molecule has 0 unspecified atom stereocenters. The molecule has 20 heavy (non-hydrogen) atoms. The summed E-state index contributed by atoms with van der Waals surface area (Å²) in [5, 5.41) is 17.9. The van der Waals surface area contributed by atoms with Crippen molar-refractivity contribution in [1.29, 1.82) is 0 Å². The van der Waals surface area contributed by atoms with E-state index in [1.807, 2.05) is 30.3 Å². The Kier molecular flexibility index (Phi) is 4.54. The molecular formula is C13H16N2O5. The first-order valence-electron chi connectivity index (χ1n) is 6.21. The molecule has 1 amide bonds. The van der Waals surface area contributed by atoms with Gasteiger partial charge in [-0.25, -0.2) is 9.59 Å². The van der Waals surface area contributed by atoms with Crippen molar-refractivity contribution in [2.75, 3.05) is 6.54 Å². The van der Waals surface area contributed by atoms with Gasteiger partial charge in [0.2, 0.25) is 0 Å². The van der Waals surface area contributed by atoms with Crippen molar-refractivity contribution >= 4 is 12.1 Å². The lowest BCUT2D eigenvalue weighted by Crippen LogP contribution is -2.40. The van der Waals surface area contributed by atoms with Gasteiger partial charge in [-0.15, -0.1) is 0 Å². The number of nitrogens with one attached hydrogen (secondary N) is 1. The molecule has 2 atom stereocenters. The number of hydroxylamine groups is 1. The molecule has 0 bridgehead atoms. The van der Waals surface area contributed by atoms with Crippen LogP contribution in [0.5, 0.6) is 0 Å². The lowest BCUT2D eigenvalue weighted by molar-refractivity contribution is -0.141. The van der Waals surface area contributed by atoms with Gasteiger partial charge in [0, 0.05) is 6.54 Å². The fourth-order valence-electron chi connectivity index (χ4n) is 2.18. The molecule has 0 aromatic heterocycles. The van der Waals surface area contributed by atoms with Gasteiger partial charge in [0.15, 0.2) is 0 Å². The smallest absolute Gasteiger partial charge is 0.408 e. The summed E-state index contributed by atoms with van der Waals surface area (Å²) in [6, 6.07) is 8.14. The Balaban J connectivity index is 1.83. The minimum atomic E-state index is -1.23. The number of carboxylic acids is 1. The number of hydrogen-bond donors (Lipinski definition) is 3. The van der Waals surface area contributed by atoms with Crippen molar-refractivity contribution < 1.29 is 24.6 Å². The molecule has 108 valence electrons. The summed E-state index contributed by atoms with van der Waals surface area (Å²) < 4.78 is 0. The molecule has 3 N–H and O–H groups in total. The maximum atomic E-state index is 11.0. The highest BCUT2D eigenvalue weighted by atomic mass is 16.6. The van der Waals surface area contributed by atoms with Gasteiger partial charge >= 0.3 is 12.1 Å². The lowest BCUT2D eigenvalue weighted by atomic mass is 10.2. The van der Waals surface area contributed by atoms with E-state index in [2.05, 4.69) is 5.48 Å². The van der Waals surface area contributed by atoms with Gasteiger partial charge in [0.05, 0.1) is 12.6 Å². The molecule has 0 spiro atoms. The number of hydrogen-bond acceptors (Lipinski definition) is 4. The fourth-order valence-corrected chi connectivity index (χ4v) is 2.18.